The van der Waals surface area contributed by atoms with Gasteiger partial charge in [-0.05, 0) is 44.2 Å². The highest BCUT2D eigenvalue weighted by molar-refractivity contribution is 5.98. The van der Waals surface area contributed by atoms with E-state index in [0.717, 1.165) is 24.9 Å². The van der Waals surface area contributed by atoms with Crippen LogP contribution in [-0.4, -0.2) is 41.0 Å². The van der Waals surface area contributed by atoms with Crippen molar-refractivity contribution >= 4 is 22.8 Å². The molecule has 1 fully saturated rings. The van der Waals surface area contributed by atoms with Crippen LogP contribution in [0.5, 0.6) is 0 Å². The number of aromatic nitrogens is 1. The smallest absolute Gasteiger partial charge is 0.309 e. The van der Waals surface area contributed by atoms with Gasteiger partial charge in [-0.15, -0.1) is 0 Å². The van der Waals surface area contributed by atoms with E-state index in [1.165, 1.54) is 5.56 Å². The van der Waals surface area contributed by atoms with Gasteiger partial charge in [0.25, 0.3) is 5.91 Å². The second-order valence-corrected chi connectivity index (χ2v) is 7.30. The van der Waals surface area contributed by atoms with Crippen molar-refractivity contribution in [2.24, 2.45) is 5.92 Å². The molecule has 2 aliphatic heterocycles. The quantitative estimate of drug-likeness (QED) is 0.780. The first kappa shape index (κ1) is 17.8. The Balaban J connectivity index is 1.60. The van der Waals surface area contributed by atoms with Crippen molar-refractivity contribution in [3.05, 3.63) is 45.7 Å². The number of ether oxygens (including phenoxy) is 1. The lowest BCUT2D eigenvalue weighted by molar-refractivity contribution is -0.149. The third-order valence-corrected chi connectivity index (χ3v) is 5.66. The number of piperidine rings is 1. The maximum Gasteiger partial charge on any atom is 0.309 e. The van der Waals surface area contributed by atoms with Gasteiger partial charge in [0.1, 0.15) is 5.56 Å². The zero-order chi connectivity index (χ0) is 19.0. The van der Waals surface area contributed by atoms with Crippen LogP contribution in [0.25, 0.3) is 10.9 Å². The molecule has 0 bridgehead atoms. The highest BCUT2D eigenvalue weighted by Crippen LogP contribution is 2.25. The molecule has 1 aromatic carbocycles. The van der Waals surface area contributed by atoms with Gasteiger partial charge in [0, 0.05) is 31.2 Å². The van der Waals surface area contributed by atoms with Gasteiger partial charge < -0.3 is 14.2 Å². The van der Waals surface area contributed by atoms with Gasteiger partial charge >= 0.3 is 5.97 Å². The topological polar surface area (TPSA) is 68.6 Å². The zero-order valence-electron chi connectivity index (χ0n) is 15.6. The number of aryl methyl sites for hydroxylation is 2. The number of pyridine rings is 1. The van der Waals surface area contributed by atoms with E-state index in [4.69, 9.17) is 4.74 Å². The van der Waals surface area contributed by atoms with E-state index in [9.17, 15) is 14.4 Å². The number of hydrogen-bond donors (Lipinski definition) is 0. The minimum absolute atomic E-state index is 0.157. The summed E-state index contributed by atoms with van der Waals surface area (Å²) < 4.78 is 7.13. The molecule has 1 aromatic heterocycles. The molecule has 0 radical (unpaired) electrons. The van der Waals surface area contributed by atoms with Gasteiger partial charge in [0.15, 0.2) is 0 Å². The molecule has 0 unspecified atom stereocenters. The number of hydrogen-bond acceptors (Lipinski definition) is 4. The number of amides is 1. The number of carbonyl (C=O) groups excluding carboxylic acids is 2. The number of esters is 1. The first-order valence-electron chi connectivity index (χ1n) is 9.71. The fraction of sp³-hybridized carbons (Fsp3) is 0.476. The highest BCUT2D eigenvalue weighted by atomic mass is 16.5. The molecule has 142 valence electrons. The summed E-state index contributed by atoms with van der Waals surface area (Å²) >= 11 is 0. The van der Waals surface area contributed by atoms with Crippen molar-refractivity contribution in [3.8, 4) is 0 Å². The standard InChI is InChI=1S/C21H24N2O4/c1-2-27-21(26)15-8-11-22(12-9-15)20(25)17-13-23-10-4-6-14-5-3-7-16(18(14)23)19(17)24/h3,5,7,13,15H,2,4,6,8-12H2,1H3. The minimum Gasteiger partial charge on any atom is -0.466 e. The zero-order valence-corrected chi connectivity index (χ0v) is 15.6. The summed E-state index contributed by atoms with van der Waals surface area (Å²) in [7, 11) is 0. The van der Waals surface area contributed by atoms with Crippen molar-refractivity contribution in [1.82, 2.24) is 9.47 Å². The first-order valence-corrected chi connectivity index (χ1v) is 9.71. The Bertz CT molecular complexity index is 955. The van der Waals surface area contributed by atoms with Crippen molar-refractivity contribution in [1.29, 1.82) is 0 Å². The highest BCUT2D eigenvalue weighted by Gasteiger charge is 2.30. The molecule has 4 rings (SSSR count). The Morgan fingerprint density at radius 1 is 1.19 bits per heavy atom. The Kier molecular flexibility index (Phi) is 4.72. The van der Waals surface area contributed by atoms with E-state index in [-0.39, 0.29) is 28.8 Å². The van der Waals surface area contributed by atoms with E-state index >= 15 is 0 Å². The third-order valence-electron chi connectivity index (χ3n) is 5.66. The van der Waals surface area contributed by atoms with Crippen molar-refractivity contribution in [3.63, 3.8) is 0 Å². The monoisotopic (exact) mass is 368 g/mol. The summed E-state index contributed by atoms with van der Waals surface area (Å²) in [6.07, 6.45) is 4.86. The summed E-state index contributed by atoms with van der Waals surface area (Å²) in [4.78, 5) is 39.6. The van der Waals surface area contributed by atoms with Crippen LogP contribution in [0, 0.1) is 5.92 Å². The third kappa shape index (κ3) is 3.13. The van der Waals surface area contributed by atoms with Crippen LogP contribution in [0.3, 0.4) is 0 Å². The van der Waals surface area contributed by atoms with Crippen LogP contribution in [0.2, 0.25) is 0 Å². The number of rotatable bonds is 3. The van der Waals surface area contributed by atoms with Crippen LogP contribution in [0.4, 0.5) is 0 Å². The molecule has 1 amide bonds. The second kappa shape index (κ2) is 7.18. The van der Waals surface area contributed by atoms with Gasteiger partial charge in [0.05, 0.1) is 18.0 Å². The summed E-state index contributed by atoms with van der Waals surface area (Å²) in [6.45, 7) is 3.93. The normalized spacial score (nSPS) is 17.1. The van der Waals surface area contributed by atoms with Crippen LogP contribution in [0.15, 0.2) is 29.2 Å². The van der Waals surface area contributed by atoms with Gasteiger partial charge in [-0.1, -0.05) is 12.1 Å². The maximum absolute atomic E-state index is 13.0. The molecular weight excluding hydrogens is 344 g/mol. The van der Waals surface area contributed by atoms with E-state index in [1.54, 1.807) is 18.0 Å². The van der Waals surface area contributed by atoms with Crippen LogP contribution in [0.1, 0.15) is 42.1 Å². The summed E-state index contributed by atoms with van der Waals surface area (Å²) in [6, 6.07) is 5.76. The Morgan fingerprint density at radius 3 is 2.70 bits per heavy atom. The lowest BCUT2D eigenvalue weighted by Gasteiger charge is -2.31. The summed E-state index contributed by atoms with van der Waals surface area (Å²) in [5.41, 5.74) is 2.18. The van der Waals surface area contributed by atoms with E-state index in [2.05, 4.69) is 6.07 Å². The number of benzene rings is 1. The molecule has 1 saturated heterocycles. The van der Waals surface area contributed by atoms with Gasteiger partial charge in [-0.2, -0.15) is 0 Å². The van der Waals surface area contributed by atoms with Gasteiger partial charge in [-0.25, -0.2) is 0 Å². The average Bonchev–Trinajstić information content (AvgIpc) is 2.70. The Labute approximate surface area is 157 Å². The largest absolute Gasteiger partial charge is 0.466 e. The van der Waals surface area contributed by atoms with E-state index < -0.39 is 0 Å². The van der Waals surface area contributed by atoms with E-state index in [0.29, 0.717) is 37.9 Å². The molecule has 0 atom stereocenters. The first-order chi connectivity index (χ1) is 13.1. The lowest BCUT2D eigenvalue weighted by atomic mass is 9.96. The predicted octanol–water partition coefficient (Wildman–Crippen LogP) is 2.36. The second-order valence-electron chi connectivity index (χ2n) is 7.30. The average molecular weight is 368 g/mol. The molecule has 0 aliphatic carbocycles. The Hall–Kier alpha value is -2.63. The molecule has 3 heterocycles. The molecule has 0 saturated carbocycles. The van der Waals surface area contributed by atoms with Crippen LogP contribution >= 0.6 is 0 Å². The fourth-order valence-electron chi connectivity index (χ4n) is 4.26. The maximum atomic E-state index is 13.0. The molecule has 27 heavy (non-hydrogen) atoms. The van der Waals surface area contributed by atoms with E-state index in [1.807, 2.05) is 16.7 Å². The summed E-state index contributed by atoms with van der Waals surface area (Å²) in [5.74, 6) is -0.577. The SMILES string of the molecule is CCOC(=O)C1CCN(C(=O)c2cn3c4c(cccc4c2=O)CCC3)CC1. The molecule has 0 N–H and O–H groups in total. The number of nitrogens with zero attached hydrogens (tertiary/aromatic N) is 2. The van der Waals surface area contributed by atoms with Crippen molar-refractivity contribution in [2.45, 2.75) is 39.2 Å². The van der Waals surface area contributed by atoms with Crippen LogP contribution < -0.4 is 5.43 Å². The van der Waals surface area contributed by atoms with Crippen molar-refractivity contribution < 1.29 is 14.3 Å². The number of para-hydroxylation sites is 1. The number of carbonyl (C=O) groups is 2. The fourth-order valence-corrected chi connectivity index (χ4v) is 4.26. The predicted molar refractivity (Wildman–Crippen MR) is 102 cm³/mol. The van der Waals surface area contributed by atoms with Gasteiger partial charge in [0.2, 0.25) is 5.43 Å². The molecule has 6 nitrogen and oxygen atoms in total. The molecule has 6 heteroatoms. The number of likely N-dealkylation sites (tertiary alicyclic amines) is 1. The van der Waals surface area contributed by atoms with Gasteiger partial charge in [-0.3, -0.25) is 14.4 Å². The van der Waals surface area contributed by atoms with Crippen LogP contribution in [-0.2, 0) is 22.5 Å². The molecule has 2 aromatic rings. The molecular formula is C21H24N2O4. The Morgan fingerprint density at radius 2 is 1.96 bits per heavy atom. The molecule has 2 aliphatic rings. The lowest BCUT2D eigenvalue weighted by Crippen LogP contribution is -2.42. The van der Waals surface area contributed by atoms with Crippen molar-refractivity contribution in [2.75, 3.05) is 19.7 Å². The summed E-state index contributed by atoms with van der Waals surface area (Å²) in [5, 5.41) is 0.624. The molecule has 0 spiro atoms. The minimum atomic E-state index is -0.232.